The van der Waals surface area contributed by atoms with Crippen LogP contribution in [0.3, 0.4) is 0 Å². The highest BCUT2D eigenvalue weighted by atomic mass is 31.2. The summed E-state index contributed by atoms with van der Waals surface area (Å²) in [5, 5.41) is 0. The van der Waals surface area contributed by atoms with E-state index in [1.165, 1.54) is 238 Å². The lowest BCUT2D eigenvalue weighted by Crippen LogP contribution is -2.28. The predicted molar refractivity (Wildman–Crippen MR) is 261 cm³/mol. The first-order valence-electron chi connectivity index (χ1n) is 27.0. The highest BCUT2D eigenvalue weighted by molar-refractivity contribution is 7.47. The van der Waals surface area contributed by atoms with Crippen LogP contribution < -0.4 is 5.73 Å². The van der Waals surface area contributed by atoms with Gasteiger partial charge in [0.15, 0.2) is 0 Å². The molecule has 0 aliphatic heterocycles. The van der Waals surface area contributed by atoms with Crippen molar-refractivity contribution in [2.45, 2.75) is 296 Å². The second-order valence-corrected chi connectivity index (χ2v) is 19.9. The quantitative estimate of drug-likeness (QED) is 0.0352. The number of phosphoric acid groups is 1. The Labute approximate surface area is 380 Å². The Bertz CT molecular complexity index is 909. The van der Waals surface area contributed by atoms with Crippen molar-refractivity contribution in [3.8, 4) is 0 Å². The van der Waals surface area contributed by atoms with Crippen LogP contribution in [0.25, 0.3) is 0 Å². The molecular formula is C52H106NO7P. The molecule has 0 fully saturated rings. The Morgan fingerprint density at radius 1 is 0.426 bits per heavy atom. The van der Waals surface area contributed by atoms with Gasteiger partial charge in [-0.2, -0.15) is 0 Å². The minimum Gasteiger partial charge on any atom is -0.457 e. The maximum atomic E-state index is 12.7. The van der Waals surface area contributed by atoms with Gasteiger partial charge in [0.2, 0.25) is 0 Å². The van der Waals surface area contributed by atoms with Crippen LogP contribution in [0.1, 0.15) is 290 Å². The van der Waals surface area contributed by atoms with Crippen molar-refractivity contribution in [3.63, 3.8) is 0 Å². The van der Waals surface area contributed by atoms with E-state index >= 15 is 0 Å². The second-order valence-electron chi connectivity index (χ2n) is 18.5. The molecule has 2 atom stereocenters. The predicted octanol–water partition coefficient (Wildman–Crippen LogP) is 16.8. The van der Waals surface area contributed by atoms with Gasteiger partial charge in [0.05, 0.1) is 19.8 Å². The summed E-state index contributed by atoms with van der Waals surface area (Å²) < 4.78 is 33.6. The molecule has 0 heterocycles. The zero-order valence-electron chi connectivity index (χ0n) is 40.9. The number of esters is 1. The number of nitrogens with two attached hydrogens (primary N) is 1. The van der Waals surface area contributed by atoms with Crippen molar-refractivity contribution in [1.29, 1.82) is 0 Å². The summed E-state index contributed by atoms with van der Waals surface area (Å²) in [4.78, 5) is 22.6. The number of carbonyl (C=O) groups excluding carboxylic acids is 1. The van der Waals surface area contributed by atoms with E-state index in [2.05, 4.69) is 13.8 Å². The second kappa shape index (κ2) is 50.5. The first kappa shape index (κ1) is 60.5. The molecule has 8 nitrogen and oxygen atoms in total. The maximum absolute atomic E-state index is 12.7. The Hall–Kier alpha value is -0.500. The summed E-state index contributed by atoms with van der Waals surface area (Å²) in [6.45, 7) is 5.01. The fourth-order valence-corrected chi connectivity index (χ4v) is 9.06. The number of unbranched alkanes of at least 4 members (excludes halogenated alkanes) is 40. The van der Waals surface area contributed by atoms with Gasteiger partial charge < -0.3 is 20.1 Å². The van der Waals surface area contributed by atoms with Crippen LogP contribution in [0.4, 0.5) is 0 Å². The van der Waals surface area contributed by atoms with Gasteiger partial charge in [-0.05, 0) is 12.8 Å². The molecule has 9 heteroatoms. The number of carbonyl (C=O) groups is 1. The first-order valence-corrected chi connectivity index (χ1v) is 28.5. The number of ether oxygens (including phenoxy) is 2. The van der Waals surface area contributed by atoms with Crippen LogP contribution in [0.15, 0.2) is 0 Å². The third kappa shape index (κ3) is 50.4. The minimum atomic E-state index is -4.27. The fourth-order valence-electron chi connectivity index (χ4n) is 8.30. The summed E-state index contributed by atoms with van der Waals surface area (Å²) in [6.07, 6.45) is 55.8. The Kier molecular flexibility index (Phi) is 50.1. The van der Waals surface area contributed by atoms with E-state index < -0.39 is 13.9 Å². The average molecular weight is 888 g/mol. The standard InChI is InChI=1S/C52H106NO7P/c1-3-5-7-9-11-13-15-17-19-21-22-23-24-25-26-27-28-29-30-31-33-35-37-39-41-43-45-52(54)60-51(50-59-61(55,56)58-48-46-53)49-57-47-44-42-40-38-36-34-32-20-18-16-14-12-10-8-6-4-2/h51H,3-50,53H2,1-2H3,(H,55,56)/t51-/m1/s1. The summed E-state index contributed by atoms with van der Waals surface area (Å²) in [7, 11) is -4.27. The van der Waals surface area contributed by atoms with Crippen LogP contribution >= 0.6 is 7.82 Å². The maximum Gasteiger partial charge on any atom is 0.472 e. The normalized spacial score (nSPS) is 13.2. The average Bonchev–Trinajstić information content (AvgIpc) is 3.25. The SMILES string of the molecule is CCCCCCCCCCCCCCCCCCCCCCCCCCCCC(=O)O[C@H](COCCCCCCCCCCCCCCCCCC)COP(=O)(O)OCCN. The first-order chi connectivity index (χ1) is 29.9. The van der Waals surface area contributed by atoms with Crippen molar-refractivity contribution in [2.24, 2.45) is 5.73 Å². The summed E-state index contributed by atoms with van der Waals surface area (Å²) >= 11 is 0. The molecule has 0 aromatic rings. The lowest BCUT2D eigenvalue weighted by atomic mass is 10.0. The molecule has 0 bridgehead atoms. The molecule has 0 aliphatic rings. The topological polar surface area (TPSA) is 117 Å². The number of hydrogen-bond acceptors (Lipinski definition) is 7. The molecule has 0 amide bonds. The van der Waals surface area contributed by atoms with Gasteiger partial charge in [-0.15, -0.1) is 0 Å². The van der Waals surface area contributed by atoms with Crippen molar-refractivity contribution in [1.82, 2.24) is 0 Å². The highest BCUT2D eigenvalue weighted by Gasteiger charge is 2.25. The van der Waals surface area contributed by atoms with E-state index in [1.54, 1.807) is 0 Å². The van der Waals surface area contributed by atoms with E-state index in [4.69, 9.17) is 24.3 Å². The van der Waals surface area contributed by atoms with Crippen molar-refractivity contribution < 1.29 is 32.8 Å². The summed E-state index contributed by atoms with van der Waals surface area (Å²) in [6, 6.07) is 0. The third-order valence-electron chi connectivity index (χ3n) is 12.3. The van der Waals surface area contributed by atoms with Crippen molar-refractivity contribution >= 4 is 13.8 Å². The fraction of sp³-hybridized carbons (Fsp3) is 0.981. The van der Waals surface area contributed by atoms with Crippen LogP contribution in [0, 0.1) is 0 Å². The van der Waals surface area contributed by atoms with Gasteiger partial charge in [0, 0.05) is 19.6 Å². The van der Waals surface area contributed by atoms with Crippen LogP contribution in [0.2, 0.25) is 0 Å². The Morgan fingerprint density at radius 3 is 1.03 bits per heavy atom. The molecule has 0 saturated heterocycles. The van der Waals surface area contributed by atoms with Gasteiger partial charge in [-0.3, -0.25) is 13.8 Å². The number of rotatable bonds is 53. The largest absolute Gasteiger partial charge is 0.472 e. The number of phosphoric ester groups is 1. The zero-order chi connectivity index (χ0) is 44.4. The van der Waals surface area contributed by atoms with Gasteiger partial charge in [-0.25, -0.2) is 4.57 Å². The lowest BCUT2D eigenvalue weighted by Gasteiger charge is -2.20. The molecular weight excluding hydrogens is 782 g/mol. The Balaban J connectivity index is 3.81. The van der Waals surface area contributed by atoms with E-state index in [0.29, 0.717) is 13.0 Å². The molecule has 366 valence electrons. The van der Waals surface area contributed by atoms with Crippen LogP contribution in [0.5, 0.6) is 0 Å². The lowest BCUT2D eigenvalue weighted by molar-refractivity contribution is -0.154. The van der Waals surface area contributed by atoms with Gasteiger partial charge in [0.1, 0.15) is 6.10 Å². The molecule has 3 N–H and O–H groups in total. The van der Waals surface area contributed by atoms with E-state index in [0.717, 1.165) is 32.1 Å². The molecule has 0 aromatic heterocycles. The summed E-state index contributed by atoms with van der Waals surface area (Å²) in [5.74, 6) is -0.320. The highest BCUT2D eigenvalue weighted by Crippen LogP contribution is 2.43. The van der Waals surface area contributed by atoms with E-state index in [1.807, 2.05) is 0 Å². The van der Waals surface area contributed by atoms with Gasteiger partial charge >= 0.3 is 13.8 Å². The molecule has 1 unspecified atom stereocenters. The smallest absolute Gasteiger partial charge is 0.457 e. The summed E-state index contributed by atoms with van der Waals surface area (Å²) in [5.41, 5.74) is 5.39. The van der Waals surface area contributed by atoms with Crippen molar-refractivity contribution in [3.05, 3.63) is 0 Å². The molecule has 0 spiro atoms. The third-order valence-corrected chi connectivity index (χ3v) is 13.3. The Morgan fingerprint density at radius 2 is 0.721 bits per heavy atom. The number of hydrogen-bond donors (Lipinski definition) is 2. The molecule has 0 aromatic carbocycles. The van der Waals surface area contributed by atoms with Crippen LogP contribution in [-0.4, -0.2) is 49.9 Å². The molecule has 0 rings (SSSR count). The van der Waals surface area contributed by atoms with Crippen LogP contribution in [-0.2, 0) is 27.9 Å². The zero-order valence-corrected chi connectivity index (χ0v) is 41.8. The minimum absolute atomic E-state index is 0.0897. The van der Waals surface area contributed by atoms with Crippen molar-refractivity contribution in [2.75, 3.05) is 33.0 Å². The van der Waals surface area contributed by atoms with E-state index in [-0.39, 0.29) is 32.3 Å². The van der Waals surface area contributed by atoms with E-state index in [9.17, 15) is 14.3 Å². The molecule has 0 aliphatic carbocycles. The monoisotopic (exact) mass is 888 g/mol. The molecule has 0 radical (unpaired) electrons. The van der Waals surface area contributed by atoms with Gasteiger partial charge in [-0.1, -0.05) is 271 Å². The molecule has 61 heavy (non-hydrogen) atoms. The van der Waals surface area contributed by atoms with Gasteiger partial charge in [0.25, 0.3) is 0 Å². The molecule has 0 saturated carbocycles.